The average molecular weight is 668 g/mol. The van der Waals surface area contributed by atoms with E-state index in [1.165, 1.54) is 12.2 Å². The van der Waals surface area contributed by atoms with Crippen LogP contribution in [0.25, 0.3) is 43.8 Å². The number of aromatic nitrogens is 5. The number of H-pyrrole nitrogens is 1. The molecule has 0 radical (unpaired) electrons. The monoisotopic (exact) mass is 666 g/mol. The highest BCUT2D eigenvalue weighted by Crippen LogP contribution is 2.46. The summed E-state index contributed by atoms with van der Waals surface area (Å²) in [6.45, 7) is 5.79. The predicted octanol–water partition coefficient (Wildman–Crippen LogP) is 6.71. The number of pyridine rings is 1. The van der Waals surface area contributed by atoms with Crippen LogP contribution >= 0.6 is 23.2 Å². The Morgan fingerprint density at radius 2 is 1.85 bits per heavy atom. The van der Waals surface area contributed by atoms with Crippen LogP contribution in [0.3, 0.4) is 0 Å². The van der Waals surface area contributed by atoms with E-state index in [0.29, 0.717) is 64.2 Å². The largest absolute Gasteiger partial charge is 0.352 e. The summed E-state index contributed by atoms with van der Waals surface area (Å²) in [6.07, 6.45) is 7.24. The summed E-state index contributed by atoms with van der Waals surface area (Å²) in [5.41, 5.74) is 3.06. The molecular weight excluding hydrogens is 633 g/mol. The molecule has 0 aliphatic carbocycles. The minimum absolute atomic E-state index is 0.0455. The van der Waals surface area contributed by atoms with Crippen molar-refractivity contribution in [3.05, 3.63) is 58.1 Å². The average Bonchev–Trinajstić information content (AvgIpc) is 3.67. The second-order valence-electron chi connectivity index (χ2n) is 12.8. The van der Waals surface area contributed by atoms with E-state index in [9.17, 15) is 9.18 Å². The van der Waals surface area contributed by atoms with Gasteiger partial charge < -0.3 is 14.7 Å². The molecule has 5 heterocycles. The fourth-order valence-electron chi connectivity index (χ4n) is 6.88. The van der Waals surface area contributed by atoms with E-state index in [2.05, 4.69) is 41.0 Å². The lowest BCUT2D eigenvalue weighted by Gasteiger charge is -2.52. The number of carbonyl (C=O) groups is 1. The van der Waals surface area contributed by atoms with Crippen LogP contribution in [0.1, 0.15) is 31.4 Å². The first-order valence-corrected chi connectivity index (χ1v) is 16.0. The maximum Gasteiger partial charge on any atom is 0.246 e. The number of amides is 1. The molecule has 7 rings (SSSR count). The molecule has 2 aromatic carbocycles. The normalized spacial score (nSPS) is 17.3. The third-order valence-corrected chi connectivity index (χ3v) is 10.5. The van der Waals surface area contributed by atoms with E-state index < -0.39 is 12.5 Å². The zero-order chi connectivity index (χ0) is 32.5. The van der Waals surface area contributed by atoms with Gasteiger partial charge in [-0.2, -0.15) is 10.2 Å². The molecule has 0 spiro atoms. The molecule has 9 nitrogen and oxygen atoms in total. The number of benzene rings is 2. The van der Waals surface area contributed by atoms with Crippen LogP contribution in [0.5, 0.6) is 0 Å². The molecule has 240 valence electrons. The van der Waals surface area contributed by atoms with E-state index in [0.717, 1.165) is 24.0 Å². The van der Waals surface area contributed by atoms with Crippen molar-refractivity contribution in [2.75, 3.05) is 51.8 Å². The van der Waals surface area contributed by atoms with Gasteiger partial charge in [-0.05, 0) is 64.6 Å². The van der Waals surface area contributed by atoms with Crippen molar-refractivity contribution in [2.24, 2.45) is 0 Å². The van der Waals surface area contributed by atoms with Gasteiger partial charge in [-0.15, -0.1) is 0 Å². The Morgan fingerprint density at radius 1 is 1.11 bits per heavy atom. The number of carbonyl (C=O) groups excluding carboxylic acids is 1. The van der Waals surface area contributed by atoms with Gasteiger partial charge in [0.15, 0.2) is 5.82 Å². The molecule has 3 aromatic heterocycles. The first kappa shape index (κ1) is 30.8. The smallest absolute Gasteiger partial charge is 0.246 e. The van der Waals surface area contributed by atoms with Crippen molar-refractivity contribution in [1.29, 1.82) is 0 Å². The highest BCUT2D eigenvalue weighted by Gasteiger charge is 2.42. The summed E-state index contributed by atoms with van der Waals surface area (Å²) in [5.74, 6) is -0.0766. The summed E-state index contributed by atoms with van der Waals surface area (Å²) < 4.78 is 31.6. The Kier molecular flexibility index (Phi) is 7.69. The van der Waals surface area contributed by atoms with E-state index >= 15 is 4.39 Å². The zero-order valence-electron chi connectivity index (χ0n) is 26.0. The molecule has 0 unspecified atom stereocenters. The van der Waals surface area contributed by atoms with E-state index in [1.807, 2.05) is 11.6 Å². The summed E-state index contributed by atoms with van der Waals surface area (Å²) in [4.78, 5) is 23.6. The highest BCUT2D eigenvalue weighted by molar-refractivity contribution is 6.36. The number of fused-ring (bicyclic) bond motifs is 4. The first-order valence-electron chi connectivity index (χ1n) is 15.3. The second-order valence-corrected chi connectivity index (χ2v) is 13.6. The number of likely N-dealkylation sites (N-methyl/N-ethyl adjacent to an activating group) is 1. The van der Waals surface area contributed by atoms with Gasteiger partial charge in [-0.1, -0.05) is 23.2 Å². The molecule has 13 heteroatoms. The summed E-state index contributed by atoms with van der Waals surface area (Å²) in [6, 6.07) is 3.51. The van der Waals surface area contributed by atoms with E-state index in [1.54, 1.807) is 29.4 Å². The molecule has 2 aliphatic rings. The van der Waals surface area contributed by atoms with Crippen LogP contribution in [0.15, 0.2) is 36.7 Å². The number of anilines is 1. The Bertz CT molecular complexity index is 2040. The fraction of sp³-hybridized carbons (Fsp3) is 0.394. The van der Waals surface area contributed by atoms with Crippen molar-refractivity contribution in [1.82, 2.24) is 34.8 Å². The van der Waals surface area contributed by atoms with Crippen LogP contribution < -0.4 is 4.90 Å². The number of likely N-dealkylation sites (tertiary alicyclic amines) is 1. The molecule has 2 aliphatic heterocycles. The molecular formula is C33H34Cl2F2N8O. The molecule has 5 aromatic rings. The van der Waals surface area contributed by atoms with E-state index in [4.69, 9.17) is 33.3 Å². The third-order valence-electron chi connectivity index (χ3n) is 9.81. The van der Waals surface area contributed by atoms with E-state index in [-0.39, 0.29) is 33.6 Å². The molecule has 0 bridgehead atoms. The molecule has 1 N–H and O–H groups in total. The zero-order valence-corrected chi connectivity index (χ0v) is 27.6. The second kappa shape index (κ2) is 11.5. The molecule has 46 heavy (non-hydrogen) atoms. The fourth-order valence-corrected chi connectivity index (χ4v) is 7.37. The molecule has 1 amide bonds. The number of halogens is 4. The Balaban J connectivity index is 1.40. The minimum atomic E-state index is -0.680. The van der Waals surface area contributed by atoms with Gasteiger partial charge in [0.05, 0.1) is 45.4 Å². The van der Waals surface area contributed by atoms with Crippen molar-refractivity contribution >= 4 is 67.6 Å². The maximum atomic E-state index is 17.1. The highest BCUT2D eigenvalue weighted by atomic mass is 35.5. The van der Waals surface area contributed by atoms with Crippen LogP contribution in [0, 0.1) is 12.7 Å². The minimum Gasteiger partial charge on any atom is -0.352 e. The van der Waals surface area contributed by atoms with Gasteiger partial charge in [-0.25, -0.2) is 13.8 Å². The number of rotatable bonds is 6. The van der Waals surface area contributed by atoms with Gasteiger partial charge in [-0.3, -0.25) is 14.6 Å². The number of aromatic amines is 1. The lowest BCUT2D eigenvalue weighted by molar-refractivity contribution is -0.127. The summed E-state index contributed by atoms with van der Waals surface area (Å²) in [5, 5.41) is 14.7. The number of allylic oxidation sites excluding steroid dienone is 1. The Morgan fingerprint density at radius 3 is 2.54 bits per heavy atom. The lowest BCUT2D eigenvalue weighted by atomic mass is 9.90. The van der Waals surface area contributed by atoms with Crippen molar-refractivity contribution in [2.45, 2.75) is 38.3 Å². The number of hydrogen-bond donors (Lipinski definition) is 1. The van der Waals surface area contributed by atoms with Gasteiger partial charge in [0.2, 0.25) is 5.91 Å². The SMILES string of the molecule is Cc1c(Cl)cc2[nH]ncc2c1-c1c(Cl)cc2c(nc(N3CC(C)(N(C)C)C3)c3cnn(C4CCN(C(=O)/C=C/CF)CC4)c32)c1F. The quantitative estimate of drug-likeness (QED) is 0.203. The number of nitrogens with one attached hydrogen (secondary N) is 1. The third kappa shape index (κ3) is 4.82. The Hall–Kier alpha value is -3.80. The lowest BCUT2D eigenvalue weighted by Crippen LogP contribution is -2.67. The van der Waals surface area contributed by atoms with Crippen molar-refractivity contribution in [3.8, 4) is 11.1 Å². The topological polar surface area (TPSA) is 86.2 Å². The van der Waals surface area contributed by atoms with Crippen LogP contribution in [0.4, 0.5) is 14.6 Å². The predicted molar refractivity (Wildman–Crippen MR) is 179 cm³/mol. The number of alkyl halides is 1. The number of hydrogen-bond acceptors (Lipinski definition) is 6. The number of nitrogens with zero attached hydrogens (tertiary/aromatic N) is 7. The molecule has 0 atom stereocenters. The number of piperidine rings is 1. The Labute approximate surface area is 274 Å². The van der Waals surface area contributed by atoms with Gasteiger partial charge in [0.1, 0.15) is 18.0 Å². The molecule has 2 fully saturated rings. The first-order chi connectivity index (χ1) is 22.0. The van der Waals surface area contributed by atoms with Crippen molar-refractivity contribution in [3.63, 3.8) is 0 Å². The van der Waals surface area contributed by atoms with Crippen molar-refractivity contribution < 1.29 is 13.6 Å². The maximum absolute atomic E-state index is 17.1. The summed E-state index contributed by atoms with van der Waals surface area (Å²) in [7, 11) is 4.11. The van der Waals surface area contributed by atoms with Crippen LogP contribution in [-0.4, -0.2) is 93.2 Å². The van der Waals surface area contributed by atoms with Crippen LogP contribution in [-0.2, 0) is 4.79 Å². The van der Waals surface area contributed by atoms with Crippen LogP contribution in [0.2, 0.25) is 10.0 Å². The van der Waals surface area contributed by atoms with Gasteiger partial charge in [0.25, 0.3) is 0 Å². The molecule has 0 saturated carbocycles. The molecule has 2 saturated heterocycles. The standard InChI is InChI=1S/C33H34Cl2F2N8O/c1-18-23(34)13-25-21(14-38-41-25)27(18)28-24(35)12-20-30(29(28)37)40-32(44-16-33(2,17-44)42(3)4)22-15-39-45(31(20)22)19-7-10-43(11-8-19)26(46)6-5-9-36/h5-6,12-15,19H,7-11,16-17H2,1-4H3,(H,38,41)/b6-5+. The summed E-state index contributed by atoms with van der Waals surface area (Å²) >= 11 is 13.6. The van der Waals surface area contributed by atoms with Gasteiger partial charge >= 0.3 is 0 Å². The van der Waals surface area contributed by atoms with Gasteiger partial charge in [0, 0.05) is 59.2 Å².